The topological polar surface area (TPSA) is 148 Å². The molecule has 1 aliphatic carbocycles. The van der Waals surface area contributed by atoms with Crippen molar-refractivity contribution in [1.29, 1.82) is 0 Å². The quantitative estimate of drug-likeness (QED) is 0.173. The van der Waals surface area contributed by atoms with Gasteiger partial charge in [-0.25, -0.2) is 4.79 Å². The van der Waals surface area contributed by atoms with Crippen molar-refractivity contribution < 1.29 is 43.2 Å². The molecule has 11 atom stereocenters. The Morgan fingerprint density at radius 1 is 1.00 bits per heavy atom. The van der Waals surface area contributed by atoms with Crippen molar-refractivity contribution in [2.24, 2.45) is 22.2 Å². The summed E-state index contributed by atoms with van der Waals surface area (Å²) in [4.78, 5) is 68.1. The average molecular weight is 809 g/mol. The molecule has 2 aromatic rings. The van der Waals surface area contributed by atoms with Crippen LogP contribution in [0.3, 0.4) is 0 Å². The second kappa shape index (κ2) is 14.3. The lowest BCUT2D eigenvalue weighted by Crippen LogP contribution is -2.81. The number of esters is 3. The van der Waals surface area contributed by atoms with E-state index in [-0.39, 0.29) is 11.8 Å². The molecular formula is C46H56N4O9. The maximum Gasteiger partial charge on any atom is 0.344 e. The molecule has 1 saturated carbocycles. The largest absolute Gasteiger partial charge is 0.496 e. The maximum atomic E-state index is 15.3. The van der Waals surface area contributed by atoms with Gasteiger partial charge in [0, 0.05) is 66.7 Å². The van der Waals surface area contributed by atoms with Gasteiger partial charge in [-0.05, 0) is 80.3 Å². The van der Waals surface area contributed by atoms with Gasteiger partial charge in [-0.3, -0.25) is 24.3 Å². The number of anilines is 1. The average Bonchev–Trinajstić information content (AvgIpc) is 3.92. The van der Waals surface area contributed by atoms with Gasteiger partial charge in [0.1, 0.15) is 11.2 Å². The maximum absolute atomic E-state index is 15.3. The predicted octanol–water partition coefficient (Wildman–Crippen LogP) is 4.59. The van der Waals surface area contributed by atoms with Gasteiger partial charge in [0.05, 0.1) is 38.7 Å². The molecular weight excluding hydrogens is 753 g/mol. The molecule has 6 aliphatic heterocycles. The summed E-state index contributed by atoms with van der Waals surface area (Å²) in [5.74, 6) is -1.33. The molecule has 11 unspecified atom stereocenters. The van der Waals surface area contributed by atoms with Crippen LogP contribution in [0.4, 0.5) is 11.4 Å². The first kappa shape index (κ1) is 39.8. The number of piperidine rings is 1. The zero-order valence-corrected chi connectivity index (χ0v) is 34.9. The van der Waals surface area contributed by atoms with E-state index in [1.807, 2.05) is 43.3 Å². The van der Waals surface area contributed by atoms with Gasteiger partial charge in [0.25, 0.3) is 0 Å². The molecule has 1 N–H and O–H groups in total. The summed E-state index contributed by atoms with van der Waals surface area (Å²) in [5, 5.41) is 13.3. The van der Waals surface area contributed by atoms with Gasteiger partial charge in [0.2, 0.25) is 12.0 Å². The third-order valence-corrected chi connectivity index (χ3v) is 15.6. The van der Waals surface area contributed by atoms with E-state index in [1.54, 1.807) is 13.2 Å². The summed E-state index contributed by atoms with van der Waals surface area (Å²) in [7, 11) is 4.19. The predicted molar refractivity (Wildman–Crippen MR) is 219 cm³/mol. The molecule has 2 aromatic carbocycles. The smallest absolute Gasteiger partial charge is 0.344 e. The number of nitrogens with zero attached hydrogens (tertiary/aromatic N) is 4. The van der Waals surface area contributed by atoms with Crippen LogP contribution in [0.15, 0.2) is 53.5 Å². The highest BCUT2D eigenvalue weighted by Crippen LogP contribution is 2.68. The molecule has 0 radical (unpaired) electrons. The Morgan fingerprint density at radius 2 is 1.78 bits per heavy atom. The minimum Gasteiger partial charge on any atom is -0.496 e. The number of carbonyl (C=O) groups is 4. The van der Waals surface area contributed by atoms with Crippen molar-refractivity contribution in [3.63, 3.8) is 0 Å². The van der Waals surface area contributed by atoms with Gasteiger partial charge in [0.15, 0.2) is 6.10 Å². The summed E-state index contributed by atoms with van der Waals surface area (Å²) in [6.45, 7) is 9.34. The molecule has 0 aromatic heterocycles. The molecule has 59 heavy (non-hydrogen) atoms. The van der Waals surface area contributed by atoms with Gasteiger partial charge in [-0.1, -0.05) is 50.6 Å². The van der Waals surface area contributed by atoms with Gasteiger partial charge < -0.3 is 33.9 Å². The Balaban J connectivity index is 1.36. The van der Waals surface area contributed by atoms with E-state index < -0.39 is 57.9 Å². The van der Waals surface area contributed by atoms with E-state index in [0.29, 0.717) is 67.2 Å². The highest BCUT2D eigenvalue weighted by molar-refractivity contribution is 6.18. The van der Waals surface area contributed by atoms with Crippen LogP contribution in [-0.2, 0) is 44.2 Å². The molecule has 13 heteroatoms. The molecule has 6 heterocycles. The van der Waals surface area contributed by atoms with Crippen LogP contribution in [0.25, 0.3) is 0 Å². The van der Waals surface area contributed by atoms with E-state index in [1.165, 1.54) is 26.0 Å². The molecule has 314 valence electrons. The van der Waals surface area contributed by atoms with Crippen molar-refractivity contribution in [1.82, 2.24) is 9.80 Å². The summed E-state index contributed by atoms with van der Waals surface area (Å²) in [6.07, 6.45) is 7.27. The molecule has 3 saturated heterocycles. The minimum atomic E-state index is -2.50. The standard InChI is InChI=1S/C46H56N4O9/c1-7-28-20-29-23-45(41(53)57-5,37-31(14-18-48(24-28)25-29)30-12-9-10-13-34(30)47-37)33-21-32-35(22-36(33)56-4)50(26-51)39-44(32)16-19-49-17-11-15-43(8-2,38(44)49)40(59-27(3)52)46(39,55)42(54)58-6/h9-13,15,21-22,26,28-29,31,38-40,55H,7-8,14,16-20,23-25H2,1-6H3. The number of ether oxygens (including phenoxy) is 4. The monoisotopic (exact) mass is 808 g/mol. The number of rotatable bonds is 8. The number of methoxy groups -OCH3 is 3. The lowest BCUT2D eigenvalue weighted by molar-refractivity contribution is -0.228. The Labute approximate surface area is 345 Å². The molecule has 9 rings (SSSR count). The highest BCUT2D eigenvalue weighted by Gasteiger charge is 2.81. The zero-order chi connectivity index (χ0) is 41.6. The van der Waals surface area contributed by atoms with Gasteiger partial charge >= 0.3 is 17.9 Å². The number of aliphatic hydroxyl groups is 1. The Bertz CT molecular complexity index is 2160. The normalized spacial score (nSPS) is 37.6. The summed E-state index contributed by atoms with van der Waals surface area (Å²) < 4.78 is 23.8. The van der Waals surface area contributed by atoms with Crippen LogP contribution in [-0.4, -0.2) is 123 Å². The van der Waals surface area contributed by atoms with Crippen LogP contribution >= 0.6 is 0 Å². The van der Waals surface area contributed by atoms with Crippen molar-refractivity contribution in [3.8, 4) is 5.75 Å². The second-order valence-electron chi connectivity index (χ2n) is 18.0. The highest BCUT2D eigenvalue weighted by atomic mass is 16.6. The molecule has 2 bridgehead atoms. The molecule has 1 spiro atoms. The van der Waals surface area contributed by atoms with Gasteiger partial charge in [-0.2, -0.15) is 0 Å². The first-order valence-electron chi connectivity index (χ1n) is 21.3. The fourth-order valence-corrected chi connectivity index (χ4v) is 13.5. The van der Waals surface area contributed by atoms with E-state index >= 15 is 4.79 Å². The van der Waals surface area contributed by atoms with E-state index in [4.69, 9.17) is 23.9 Å². The molecule has 4 fully saturated rings. The van der Waals surface area contributed by atoms with Crippen LogP contribution < -0.4 is 9.64 Å². The zero-order valence-electron chi connectivity index (χ0n) is 34.9. The number of fused-ring (bicyclic) bond motifs is 6. The van der Waals surface area contributed by atoms with Crippen molar-refractivity contribution in [3.05, 3.63) is 65.2 Å². The SMILES string of the molecule is CCC1CC2CN(CCC3C(=Nc4ccccc43)C(C(=O)OC)(c3cc4c(cc3OC)N(C=O)C3C(O)(C(=O)OC)C(OC(C)=O)C5(CC)C=CCN6CCC43C65)C2)C1. The molecule has 7 aliphatic rings. The third-order valence-electron chi connectivity index (χ3n) is 15.6. The van der Waals surface area contributed by atoms with E-state index in [9.17, 15) is 19.5 Å². The number of amides is 1. The lowest BCUT2D eigenvalue weighted by Gasteiger charge is -2.63. The fraction of sp³-hybridized carbons (Fsp3) is 0.587. The lowest BCUT2D eigenvalue weighted by atomic mass is 9.47. The Hall–Kier alpha value is -4.59. The first-order chi connectivity index (χ1) is 28.4. The summed E-state index contributed by atoms with van der Waals surface area (Å²) in [5.41, 5.74) is -1.69. The minimum absolute atomic E-state index is 0.120. The van der Waals surface area contributed by atoms with Gasteiger partial charge in [-0.15, -0.1) is 0 Å². The van der Waals surface area contributed by atoms with Crippen molar-refractivity contribution >= 4 is 41.4 Å². The van der Waals surface area contributed by atoms with Crippen molar-refractivity contribution in [2.45, 2.75) is 99.8 Å². The van der Waals surface area contributed by atoms with E-state index in [0.717, 1.165) is 55.9 Å². The summed E-state index contributed by atoms with van der Waals surface area (Å²) >= 11 is 0. The summed E-state index contributed by atoms with van der Waals surface area (Å²) in [6, 6.07) is 10.3. The molecule has 1 amide bonds. The third kappa shape index (κ3) is 5.22. The van der Waals surface area contributed by atoms with Crippen LogP contribution in [0.2, 0.25) is 0 Å². The second-order valence-corrected chi connectivity index (χ2v) is 18.0. The van der Waals surface area contributed by atoms with Crippen LogP contribution in [0.5, 0.6) is 5.75 Å². The number of carbonyl (C=O) groups excluding carboxylic acids is 4. The first-order valence-corrected chi connectivity index (χ1v) is 21.3. The molecule has 13 nitrogen and oxygen atoms in total. The number of para-hydroxylation sites is 1. The van der Waals surface area contributed by atoms with Crippen molar-refractivity contribution in [2.75, 3.05) is 59.0 Å². The number of hydrogen-bond donors (Lipinski definition) is 1. The number of aliphatic imine (C=N–C) groups is 1. The Morgan fingerprint density at radius 3 is 2.47 bits per heavy atom. The number of hydrogen-bond acceptors (Lipinski definition) is 12. The van der Waals surface area contributed by atoms with E-state index in [2.05, 4.69) is 22.8 Å². The number of benzene rings is 2. The van der Waals surface area contributed by atoms with Crippen LogP contribution in [0.1, 0.15) is 81.9 Å². The van der Waals surface area contributed by atoms with Crippen LogP contribution in [0, 0.1) is 17.3 Å². The fourth-order valence-electron chi connectivity index (χ4n) is 13.5. The Kier molecular flexibility index (Phi) is 9.64.